The number of hydrogen-bond acceptors (Lipinski definition) is 2. The summed E-state index contributed by atoms with van der Waals surface area (Å²) in [7, 11) is -2.42. The molecule has 0 aromatic heterocycles. The fraction of sp³-hybridized carbons (Fsp3) is 0.455. The SMILES string of the molecule is C[C@H]1NCCC[C@@H]1O[Si](c1ccccc1)(c1ccccc1)C(C)(C)C. The van der Waals surface area contributed by atoms with Gasteiger partial charge in [-0.2, -0.15) is 0 Å². The van der Waals surface area contributed by atoms with Gasteiger partial charge in [0, 0.05) is 6.04 Å². The van der Waals surface area contributed by atoms with Gasteiger partial charge in [-0.15, -0.1) is 0 Å². The molecular formula is C22H31NOSi. The highest BCUT2D eigenvalue weighted by molar-refractivity contribution is 6.99. The Kier molecular flexibility index (Phi) is 5.47. The molecule has 0 amide bonds. The Morgan fingerprint density at radius 3 is 1.88 bits per heavy atom. The monoisotopic (exact) mass is 353 g/mol. The summed E-state index contributed by atoms with van der Waals surface area (Å²) in [5.41, 5.74) is 0. The molecule has 1 saturated heterocycles. The first-order chi connectivity index (χ1) is 11.9. The predicted octanol–water partition coefficient (Wildman–Crippen LogP) is 3.70. The molecule has 2 atom stereocenters. The molecule has 1 aliphatic heterocycles. The maximum Gasteiger partial charge on any atom is 0.261 e. The van der Waals surface area contributed by atoms with Gasteiger partial charge in [-0.25, -0.2) is 0 Å². The highest BCUT2D eigenvalue weighted by atomic mass is 28.4. The van der Waals surface area contributed by atoms with E-state index in [-0.39, 0.29) is 11.1 Å². The van der Waals surface area contributed by atoms with Crippen LogP contribution in [-0.4, -0.2) is 27.0 Å². The molecule has 0 bridgehead atoms. The number of rotatable bonds is 4. The van der Waals surface area contributed by atoms with E-state index in [9.17, 15) is 0 Å². The van der Waals surface area contributed by atoms with Crippen LogP contribution >= 0.6 is 0 Å². The third-order valence-corrected chi connectivity index (χ3v) is 10.5. The van der Waals surface area contributed by atoms with Gasteiger partial charge in [0.1, 0.15) is 0 Å². The van der Waals surface area contributed by atoms with Crippen molar-refractivity contribution in [1.82, 2.24) is 5.32 Å². The van der Waals surface area contributed by atoms with Crippen LogP contribution in [0.25, 0.3) is 0 Å². The highest BCUT2D eigenvalue weighted by Crippen LogP contribution is 2.38. The Bertz CT molecular complexity index is 626. The first-order valence-electron chi connectivity index (χ1n) is 9.47. The van der Waals surface area contributed by atoms with Crippen molar-refractivity contribution in [2.45, 2.75) is 57.7 Å². The van der Waals surface area contributed by atoms with Crippen LogP contribution < -0.4 is 15.7 Å². The van der Waals surface area contributed by atoms with Crippen molar-refractivity contribution < 1.29 is 4.43 Å². The van der Waals surface area contributed by atoms with Crippen LogP contribution in [0.5, 0.6) is 0 Å². The van der Waals surface area contributed by atoms with E-state index in [1.807, 2.05) is 0 Å². The van der Waals surface area contributed by atoms with Crippen LogP contribution in [0.3, 0.4) is 0 Å². The molecule has 2 aromatic rings. The molecule has 0 aliphatic carbocycles. The maximum atomic E-state index is 7.20. The largest absolute Gasteiger partial charge is 0.403 e. The lowest BCUT2D eigenvalue weighted by Crippen LogP contribution is -2.69. The number of nitrogens with one attached hydrogen (secondary N) is 1. The Labute approximate surface area is 153 Å². The van der Waals surface area contributed by atoms with Crippen molar-refractivity contribution in [1.29, 1.82) is 0 Å². The second kappa shape index (κ2) is 7.44. The third-order valence-electron chi connectivity index (χ3n) is 5.43. The molecule has 3 heteroatoms. The molecule has 0 radical (unpaired) electrons. The van der Waals surface area contributed by atoms with Crippen LogP contribution in [0, 0.1) is 0 Å². The Hall–Kier alpha value is -1.42. The van der Waals surface area contributed by atoms with Gasteiger partial charge in [0.2, 0.25) is 0 Å². The molecule has 25 heavy (non-hydrogen) atoms. The Morgan fingerprint density at radius 1 is 0.920 bits per heavy atom. The lowest BCUT2D eigenvalue weighted by Gasteiger charge is -2.47. The Balaban J connectivity index is 2.15. The number of hydrogen-bond donors (Lipinski definition) is 1. The fourth-order valence-electron chi connectivity index (χ4n) is 4.09. The molecular weight excluding hydrogens is 322 g/mol. The molecule has 1 heterocycles. The van der Waals surface area contributed by atoms with Gasteiger partial charge in [-0.1, -0.05) is 81.4 Å². The summed E-state index contributed by atoms with van der Waals surface area (Å²) < 4.78 is 7.20. The summed E-state index contributed by atoms with van der Waals surface area (Å²) in [6, 6.07) is 22.3. The predicted molar refractivity (Wildman–Crippen MR) is 109 cm³/mol. The minimum atomic E-state index is -2.42. The van der Waals surface area contributed by atoms with Crippen molar-refractivity contribution in [3.05, 3.63) is 60.7 Å². The summed E-state index contributed by atoms with van der Waals surface area (Å²) in [4.78, 5) is 0. The average Bonchev–Trinajstić information content (AvgIpc) is 2.61. The van der Waals surface area contributed by atoms with Crippen LogP contribution in [-0.2, 0) is 4.43 Å². The number of piperidine rings is 1. The zero-order valence-corrected chi connectivity index (χ0v) is 17.0. The molecule has 0 spiro atoms. The summed E-state index contributed by atoms with van der Waals surface area (Å²) in [5.74, 6) is 0. The van der Waals surface area contributed by atoms with Gasteiger partial charge in [0.05, 0.1) is 6.10 Å². The normalized spacial score (nSPS) is 21.9. The molecule has 1 aliphatic rings. The van der Waals surface area contributed by atoms with Crippen molar-refractivity contribution in [3.63, 3.8) is 0 Å². The zero-order valence-electron chi connectivity index (χ0n) is 16.0. The van der Waals surface area contributed by atoms with E-state index in [0.717, 1.165) is 13.0 Å². The van der Waals surface area contributed by atoms with E-state index in [2.05, 4.69) is 93.7 Å². The summed E-state index contributed by atoms with van der Waals surface area (Å²) >= 11 is 0. The van der Waals surface area contributed by atoms with Crippen molar-refractivity contribution in [2.24, 2.45) is 0 Å². The van der Waals surface area contributed by atoms with Crippen molar-refractivity contribution in [3.8, 4) is 0 Å². The van der Waals surface area contributed by atoms with Crippen LogP contribution in [0.4, 0.5) is 0 Å². The van der Waals surface area contributed by atoms with Crippen molar-refractivity contribution in [2.75, 3.05) is 6.54 Å². The molecule has 3 rings (SSSR count). The lowest BCUT2D eigenvalue weighted by molar-refractivity contribution is 0.117. The highest BCUT2D eigenvalue weighted by Gasteiger charge is 2.51. The van der Waals surface area contributed by atoms with E-state index in [1.165, 1.54) is 16.8 Å². The molecule has 0 saturated carbocycles. The minimum absolute atomic E-state index is 0.0485. The fourth-order valence-corrected chi connectivity index (χ4v) is 8.88. The average molecular weight is 354 g/mol. The first kappa shape index (κ1) is 18.4. The molecule has 0 unspecified atom stereocenters. The topological polar surface area (TPSA) is 21.3 Å². The smallest absolute Gasteiger partial charge is 0.261 e. The van der Waals surface area contributed by atoms with Crippen LogP contribution in [0.2, 0.25) is 5.04 Å². The first-order valence-corrected chi connectivity index (χ1v) is 11.4. The lowest BCUT2D eigenvalue weighted by atomic mass is 10.0. The maximum absolute atomic E-state index is 7.20. The molecule has 1 N–H and O–H groups in total. The quantitative estimate of drug-likeness (QED) is 0.846. The van der Waals surface area contributed by atoms with Crippen LogP contribution in [0.15, 0.2) is 60.7 Å². The van der Waals surface area contributed by atoms with Gasteiger partial charge in [0.15, 0.2) is 0 Å². The summed E-state index contributed by atoms with van der Waals surface area (Å²) in [5, 5.41) is 6.39. The molecule has 2 aromatic carbocycles. The van der Waals surface area contributed by atoms with E-state index in [4.69, 9.17) is 4.43 Å². The van der Waals surface area contributed by atoms with Gasteiger partial charge in [0.25, 0.3) is 8.32 Å². The molecule has 134 valence electrons. The third kappa shape index (κ3) is 3.59. The second-order valence-electron chi connectivity index (χ2n) is 8.20. The second-order valence-corrected chi connectivity index (χ2v) is 12.5. The number of benzene rings is 2. The van der Waals surface area contributed by atoms with E-state index >= 15 is 0 Å². The van der Waals surface area contributed by atoms with E-state index < -0.39 is 8.32 Å². The Morgan fingerprint density at radius 2 is 1.44 bits per heavy atom. The van der Waals surface area contributed by atoms with Gasteiger partial charge >= 0.3 is 0 Å². The van der Waals surface area contributed by atoms with Gasteiger partial charge in [-0.3, -0.25) is 0 Å². The summed E-state index contributed by atoms with van der Waals surface area (Å²) in [6.07, 6.45) is 2.59. The standard InChI is InChI=1S/C22H31NOSi/c1-18-21(16-11-17-23-18)24-25(22(2,3)4,19-12-7-5-8-13-19)20-14-9-6-10-15-20/h5-10,12-15,18,21,23H,11,16-17H2,1-4H3/t18-,21+/m1/s1. The van der Waals surface area contributed by atoms with Crippen molar-refractivity contribution >= 4 is 18.7 Å². The van der Waals surface area contributed by atoms with Gasteiger partial charge < -0.3 is 9.74 Å². The minimum Gasteiger partial charge on any atom is -0.403 e. The molecule has 1 fully saturated rings. The summed E-state index contributed by atoms with van der Waals surface area (Å²) in [6.45, 7) is 10.4. The van der Waals surface area contributed by atoms with E-state index in [1.54, 1.807) is 0 Å². The molecule has 2 nitrogen and oxygen atoms in total. The zero-order chi connectivity index (χ0) is 17.9. The van der Waals surface area contributed by atoms with Crippen LogP contribution in [0.1, 0.15) is 40.5 Å². The van der Waals surface area contributed by atoms with Gasteiger partial charge in [-0.05, 0) is 41.7 Å². The van der Waals surface area contributed by atoms with E-state index in [0.29, 0.717) is 6.04 Å².